The van der Waals surface area contributed by atoms with Crippen LogP contribution in [-0.4, -0.2) is 77.2 Å². The third kappa shape index (κ3) is 6.92. The molecule has 2 fully saturated rings. The van der Waals surface area contributed by atoms with E-state index in [1.165, 1.54) is 5.56 Å². The lowest BCUT2D eigenvalue weighted by molar-refractivity contribution is -0.140. The average Bonchev–Trinajstić information content (AvgIpc) is 3.29. The van der Waals surface area contributed by atoms with Crippen LogP contribution < -0.4 is 5.32 Å². The first kappa shape index (κ1) is 25.5. The molecule has 3 heterocycles. The molecule has 2 aliphatic rings. The molecule has 2 aromatic rings. The van der Waals surface area contributed by atoms with Crippen molar-refractivity contribution in [2.45, 2.75) is 32.9 Å². The minimum absolute atomic E-state index is 0. The molecule has 1 N–H and O–H groups in total. The molecule has 0 atom stereocenters. The van der Waals surface area contributed by atoms with E-state index in [0.717, 1.165) is 63.9 Å². The minimum Gasteiger partial charge on any atom is -0.378 e. The molecule has 2 saturated heterocycles. The van der Waals surface area contributed by atoms with Gasteiger partial charge in [-0.1, -0.05) is 30.3 Å². The molecule has 0 aliphatic carbocycles. The Morgan fingerprint density at radius 3 is 2.55 bits per heavy atom. The molecule has 180 valence electrons. The Balaban J connectivity index is 0.00000306. The molecule has 0 saturated carbocycles. The summed E-state index contributed by atoms with van der Waals surface area (Å²) >= 11 is 0. The van der Waals surface area contributed by atoms with E-state index in [1.54, 1.807) is 0 Å². The molecular formula is C24H35IN6O2. The number of piperidine rings is 1. The number of guanidine groups is 1. The van der Waals surface area contributed by atoms with Crippen molar-refractivity contribution in [2.24, 2.45) is 10.9 Å². The molecule has 0 spiro atoms. The van der Waals surface area contributed by atoms with Crippen molar-refractivity contribution in [3.63, 3.8) is 0 Å². The van der Waals surface area contributed by atoms with Crippen LogP contribution in [0.3, 0.4) is 0 Å². The molecule has 2 aliphatic heterocycles. The van der Waals surface area contributed by atoms with E-state index in [-0.39, 0.29) is 35.8 Å². The molecule has 1 aromatic carbocycles. The smallest absolute Gasteiger partial charge is 0.225 e. The fourth-order valence-electron chi connectivity index (χ4n) is 4.37. The molecule has 1 aromatic heterocycles. The van der Waals surface area contributed by atoms with Gasteiger partial charge < -0.3 is 24.4 Å². The van der Waals surface area contributed by atoms with Crippen LogP contribution >= 0.6 is 24.0 Å². The number of carbonyl (C=O) groups excluding carboxylic acids is 1. The molecule has 0 unspecified atom stereocenters. The largest absolute Gasteiger partial charge is 0.378 e. The summed E-state index contributed by atoms with van der Waals surface area (Å²) in [6.45, 7) is 8.63. The SMILES string of the molecule is CCNC(=NCc1nccn1Cc1ccccc1)N1CCC(C(=O)N2CCOCC2)CC1.I. The molecule has 1 amide bonds. The summed E-state index contributed by atoms with van der Waals surface area (Å²) in [5.41, 5.74) is 1.25. The summed E-state index contributed by atoms with van der Waals surface area (Å²) in [5, 5.41) is 3.42. The Bertz CT molecular complexity index is 889. The van der Waals surface area contributed by atoms with Gasteiger partial charge in [0.2, 0.25) is 5.91 Å². The summed E-state index contributed by atoms with van der Waals surface area (Å²) in [6, 6.07) is 10.4. The Kier molecular flexibility index (Phi) is 9.98. The Labute approximate surface area is 213 Å². The number of rotatable bonds is 6. The van der Waals surface area contributed by atoms with E-state index in [9.17, 15) is 4.79 Å². The zero-order chi connectivity index (χ0) is 22.2. The van der Waals surface area contributed by atoms with Crippen molar-refractivity contribution >= 4 is 35.8 Å². The number of carbonyl (C=O) groups is 1. The first-order valence-electron chi connectivity index (χ1n) is 11.7. The van der Waals surface area contributed by atoms with Gasteiger partial charge in [0.05, 0.1) is 13.2 Å². The van der Waals surface area contributed by atoms with Crippen LogP contribution in [0.5, 0.6) is 0 Å². The van der Waals surface area contributed by atoms with Gasteiger partial charge in [0.25, 0.3) is 0 Å². The number of hydrogen-bond donors (Lipinski definition) is 1. The number of nitrogens with one attached hydrogen (secondary N) is 1. The van der Waals surface area contributed by atoms with Crippen LogP contribution in [0.4, 0.5) is 0 Å². The van der Waals surface area contributed by atoms with Gasteiger partial charge in [-0.15, -0.1) is 24.0 Å². The van der Waals surface area contributed by atoms with E-state index >= 15 is 0 Å². The third-order valence-corrected chi connectivity index (χ3v) is 6.17. The zero-order valence-electron chi connectivity index (χ0n) is 19.4. The standard InChI is InChI=1S/C24H34N6O2.HI/c1-2-25-24(27-18-22-26-10-13-30(22)19-20-6-4-3-5-7-20)29-11-8-21(9-12-29)23(31)28-14-16-32-17-15-28;/h3-7,10,13,21H,2,8-9,11-12,14-19H2,1H3,(H,25,27);1H. The van der Waals surface area contributed by atoms with Crippen molar-refractivity contribution in [3.05, 3.63) is 54.1 Å². The molecule has 0 radical (unpaired) electrons. The van der Waals surface area contributed by atoms with E-state index < -0.39 is 0 Å². The first-order chi connectivity index (χ1) is 15.7. The number of ether oxygens (including phenoxy) is 1. The Morgan fingerprint density at radius 1 is 1.12 bits per heavy atom. The number of amides is 1. The van der Waals surface area contributed by atoms with Crippen molar-refractivity contribution < 1.29 is 9.53 Å². The van der Waals surface area contributed by atoms with E-state index in [2.05, 4.69) is 51.0 Å². The van der Waals surface area contributed by atoms with Gasteiger partial charge in [0.15, 0.2) is 5.96 Å². The van der Waals surface area contributed by atoms with Crippen molar-refractivity contribution in [2.75, 3.05) is 45.9 Å². The number of hydrogen-bond acceptors (Lipinski definition) is 4. The van der Waals surface area contributed by atoms with Crippen LogP contribution in [0.25, 0.3) is 0 Å². The molecule has 8 nitrogen and oxygen atoms in total. The van der Waals surface area contributed by atoms with Crippen LogP contribution in [0.2, 0.25) is 0 Å². The maximum atomic E-state index is 12.8. The summed E-state index contributed by atoms with van der Waals surface area (Å²) in [4.78, 5) is 26.5. The van der Waals surface area contributed by atoms with Gasteiger partial charge in [-0.2, -0.15) is 0 Å². The number of nitrogens with zero attached hydrogens (tertiary/aromatic N) is 5. The van der Waals surface area contributed by atoms with Gasteiger partial charge in [-0.25, -0.2) is 9.98 Å². The predicted octanol–water partition coefficient (Wildman–Crippen LogP) is 2.59. The van der Waals surface area contributed by atoms with Crippen molar-refractivity contribution in [3.8, 4) is 0 Å². The summed E-state index contributed by atoms with van der Waals surface area (Å²) in [5.74, 6) is 2.25. The predicted molar refractivity (Wildman–Crippen MR) is 140 cm³/mol. The normalized spacial score (nSPS) is 17.5. The van der Waals surface area contributed by atoms with Crippen LogP contribution in [0.15, 0.2) is 47.7 Å². The van der Waals surface area contributed by atoms with Gasteiger partial charge in [0, 0.05) is 57.6 Å². The van der Waals surface area contributed by atoms with Gasteiger partial charge in [-0.05, 0) is 25.3 Å². The highest BCUT2D eigenvalue weighted by Crippen LogP contribution is 2.20. The van der Waals surface area contributed by atoms with Gasteiger partial charge >= 0.3 is 0 Å². The molecule has 0 bridgehead atoms. The quantitative estimate of drug-likeness (QED) is 0.331. The maximum Gasteiger partial charge on any atom is 0.225 e. The number of morpholine rings is 1. The van der Waals surface area contributed by atoms with E-state index in [1.807, 2.05) is 23.4 Å². The maximum absolute atomic E-state index is 12.8. The molecule has 4 rings (SSSR count). The lowest BCUT2D eigenvalue weighted by Crippen LogP contribution is -2.50. The van der Waals surface area contributed by atoms with E-state index in [4.69, 9.17) is 9.73 Å². The van der Waals surface area contributed by atoms with Gasteiger partial charge in [0.1, 0.15) is 12.4 Å². The monoisotopic (exact) mass is 566 g/mol. The summed E-state index contributed by atoms with van der Waals surface area (Å²) < 4.78 is 7.53. The number of aromatic nitrogens is 2. The van der Waals surface area contributed by atoms with Crippen molar-refractivity contribution in [1.82, 2.24) is 24.7 Å². The Hall–Kier alpha value is -2.14. The fraction of sp³-hybridized carbons (Fsp3) is 0.542. The number of aliphatic imine (C=N–C) groups is 1. The number of imidazole rings is 1. The topological polar surface area (TPSA) is 75.0 Å². The number of likely N-dealkylation sites (tertiary alicyclic amines) is 1. The molecule has 33 heavy (non-hydrogen) atoms. The Morgan fingerprint density at radius 2 is 1.85 bits per heavy atom. The highest BCUT2D eigenvalue weighted by molar-refractivity contribution is 14.0. The van der Waals surface area contributed by atoms with Crippen molar-refractivity contribution in [1.29, 1.82) is 0 Å². The zero-order valence-corrected chi connectivity index (χ0v) is 21.7. The van der Waals surface area contributed by atoms with Crippen LogP contribution in [-0.2, 0) is 22.6 Å². The average molecular weight is 566 g/mol. The van der Waals surface area contributed by atoms with Crippen LogP contribution in [0.1, 0.15) is 31.2 Å². The van der Waals surface area contributed by atoms with Gasteiger partial charge in [-0.3, -0.25) is 4.79 Å². The number of benzene rings is 1. The lowest BCUT2D eigenvalue weighted by atomic mass is 9.95. The van der Waals surface area contributed by atoms with E-state index in [0.29, 0.717) is 19.8 Å². The molecule has 9 heteroatoms. The summed E-state index contributed by atoms with van der Waals surface area (Å²) in [7, 11) is 0. The highest BCUT2D eigenvalue weighted by atomic mass is 127. The number of halogens is 1. The second-order valence-corrected chi connectivity index (χ2v) is 8.33. The fourth-order valence-corrected chi connectivity index (χ4v) is 4.37. The summed E-state index contributed by atoms with van der Waals surface area (Å²) in [6.07, 6.45) is 5.57. The van der Waals surface area contributed by atoms with Crippen LogP contribution in [0, 0.1) is 5.92 Å². The third-order valence-electron chi connectivity index (χ3n) is 6.17. The minimum atomic E-state index is 0. The second-order valence-electron chi connectivity index (χ2n) is 8.33. The second kappa shape index (κ2) is 12.9. The molecular weight excluding hydrogens is 531 g/mol. The lowest BCUT2D eigenvalue weighted by Gasteiger charge is -2.36. The first-order valence-corrected chi connectivity index (χ1v) is 11.7. The highest BCUT2D eigenvalue weighted by Gasteiger charge is 2.30.